The second kappa shape index (κ2) is 6.20. The van der Waals surface area contributed by atoms with Gasteiger partial charge < -0.3 is 5.11 Å². The third-order valence-corrected chi connectivity index (χ3v) is 4.00. The average Bonchev–Trinajstić information content (AvgIpc) is 2.41. The zero-order valence-electron chi connectivity index (χ0n) is 10.2. The van der Waals surface area contributed by atoms with Gasteiger partial charge in [0.2, 0.25) is 0 Å². The van der Waals surface area contributed by atoms with Crippen LogP contribution in [0.3, 0.4) is 0 Å². The van der Waals surface area contributed by atoms with E-state index in [4.69, 9.17) is 5.26 Å². The quantitative estimate of drug-likeness (QED) is 0.924. The zero-order valence-corrected chi connectivity index (χ0v) is 12.6. The van der Waals surface area contributed by atoms with E-state index in [2.05, 4.69) is 27.0 Å². The van der Waals surface area contributed by atoms with Crippen molar-refractivity contribution in [3.05, 3.63) is 52.1 Å². The molecule has 0 bridgehead atoms. The molecule has 0 radical (unpaired) electrons. The van der Waals surface area contributed by atoms with Crippen LogP contribution in [0.25, 0.3) is 0 Å². The Morgan fingerprint density at radius 3 is 2.74 bits per heavy atom. The van der Waals surface area contributed by atoms with Crippen molar-refractivity contribution in [1.82, 2.24) is 4.98 Å². The highest BCUT2D eigenvalue weighted by Gasteiger charge is 2.11. The van der Waals surface area contributed by atoms with Gasteiger partial charge in [0.05, 0.1) is 17.7 Å². The van der Waals surface area contributed by atoms with Crippen molar-refractivity contribution in [3.63, 3.8) is 0 Å². The fourth-order valence-corrected chi connectivity index (χ4v) is 2.82. The molecule has 2 rings (SSSR count). The first kappa shape index (κ1) is 14.1. The van der Waals surface area contributed by atoms with E-state index in [9.17, 15) is 5.11 Å². The first-order valence-electron chi connectivity index (χ1n) is 5.61. The Labute approximate surface area is 124 Å². The fourth-order valence-electron chi connectivity index (χ4n) is 1.57. The molecule has 5 heteroatoms. The lowest BCUT2D eigenvalue weighted by molar-refractivity contribution is 0.196. The molecule has 1 aromatic heterocycles. The molecule has 1 aromatic carbocycles. The van der Waals surface area contributed by atoms with Gasteiger partial charge >= 0.3 is 0 Å². The summed E-state index contributed by atoms with van der Waals surface area (Å²) in [6.07, 6.45) is 1.14. The normalized spacial score (nSPS) is 11.9. The standard InChI is InChI=1S/C14H11BrN2OS/c1-9(18)12-4-2-10(7-16)6-13(12)19-14-5-3-11(15)8-17-14/h2-6,8-9,18H,1H3. The smallest absolute Gasteiger partial charge is 0.101 e. The van der Waals surface area contributed by atoms with Gasteiger partial charge in [-0.25, -0.2) is 4.98 Å². The van der Waals surface area contributed by atoms with Crippen LogP contribution in [0.15, 0.2) is 50.9 Å². The molecule has 96 valence electrons. The number of hydrogen-bond acceptors (Lipinski definition) is 4. The summed E-state index contributed by atoms with van der Waals surface area (Å²) < 4.78 is 0.915. The van der Waals surface area contributed by atoms with Crippen LogP contribution < -0.4 is 0 Å². The van der Waals surface area contributed by atoms with Crippen molar-refractivity contribution >= 4 is 27.7 Å². The molecule has 0 saturated carbocycles. The maximum atomic E-state index is 9.77. The van der Waals surface area contributed by atoms with E-state index in [0.29, 0.717) is 5.56 Å². The van der Waals surface area contributed by atoms with Gasteiger partial charge in [-0.2, -0.15) is 5.26 Å². The second-order valence-electron chi connectivity index (χ2n) is 3.96. The maximum Gasteiger partial charge on any atom is 0.101 e. The first-order chi connectivity index (χ1) is 9.10. The van der Waals surface area contributed by atoms with Gasteiger partial charge in [-0.1, -0.05) is 17.8 Å². The van der Waals surface area contributed by atoms with Crippen LogP contribution in [0.4, 0.5) is 0 Å². The summed E-state index contributed by atoms with van der Waals surface area (Å²) in [7, 11) is 0. The van der Waals surface area contributed by atoms with Gasteiger partial charge in [0, 0.05) is 15.6 Å². The highest BCUT2D eigenvalue weighted by atomic mass is 79.9. The van der Waals surface area contributed by atoms with E-state index in [0.717, 1.165) is 20.0 Å². The van der Waals surface area contributed by atoms with Crippen LogP contribution in [0.5, 0.6) is 0 Å². The van der Waals surface area contributed by atoms with E-state index in [-0.39, 0.29) is 0 Å². The van der Waals surface area contributed by atoms with Crippen molar-refractivity contribution in [2.75, 3.05) is 0 Å². The molecule has 0 aliphatic rings. The number of nitrogens with zero attached hydrogens (tertiary/aromatic N) is 2. The SMILES string of the molecule is CC(O)c1ccc(C#N)cc1Sc1ccc(Br)cn1. The summed E-state index contributed by atoms with van der Waals surface area (Å²) >= 11 is 4.77. The molecular formula is C14H11BrN2OS. The minimum atomic E-state index is -0.578. The first-order valence-corrected chi connectivity index (χ1v) is 7.22. The second-order valence-corrected chi connectivity index (χ2v) is 5.94. The summed E-state index contributed by atoms with van der Waals surface area (Å²) in [5.41, 5.74) is 1.37. The minimum Gasteiger partial charge on any atom is -0.389 e. The summed E-state index contributed by atoms with van der Waals surface area (Å²) in [5.74, 6) is 0. The largest absolute Gasteiger partial charge is 0.389 e. The van der Waals surface area contributed by atoms with E-state index < -0.39 is 6.10 Å². The van der Waals surface area contributed by atoms with Gasteiger partial charge in [0.1, 0.15) is 5.03 Å². The molecule has 2 aromatic rings. The summed E-state index contributed by atoms with van der Waals surface area (Å²) in [6.45, 7) is 1.71. The van der Waals surface area contributed by atoms with Gasteiger partial charge in [0.25, 0.3) is 0 Å². The Morgan fingerprint density at radius 1 is 1.37 bits per heavy atom. The van der Waals surface area contributed by atoms with Crippen molar-refractivity contribution in [1.29, 1.82) is 5.26 Å². The van der Waals surface area contributed by atoms with Gasteiger partial charge in [-0.3, -0.25) is 0 Å². The Hall–Kier alpha value is -1.35. The highest BCUT2D eigenvalue weighted by molar-refractivity contribution is 9.10. The van der Waals surface area contributed by atoms with Crippen LogP contribution in [-0.2, 0) is 0 Å². The molecule has 3 nitrogen and oxygen atoms in total. The number of rotatable bonds is 3. The van der Waals surface area contributed by atoms with Gasteiger partial charge in [-0.05, 0) is 52.7 Å². The Kier molecular flexibility index (Phi) is 4.59. The number of hydrogen-bond donors (Lipinski definition) is 1. The van der Waals surface area contributed by atoms with E-state index in [1.807, 2.05) is 12.1 Å². The lowest BCUT2D eigenvalue weighted by Gasteiger charge is -2.11. The average molecular weight is 335 g/mol. The molecule has 0 amide bonds. The van der Waals surface area contributed by atoms with Crippen LogP contribution in [0.1, 0.15) is 24.2 Å². The van der Waals surface area contributed by atoms with Crippen LogP contribution in [0, 0.1) is 11.3 Å². The van der Waals surface area contributed by atoms with Gasteiger partial charge in [-0.15, -0.1) is 0 Å². The number of aliphatic hydroxyl groups excluding tert-OH is 1. The monoisotopic (exact) mass is 334 g/mol. The van der Waals surface area contributed by atoms with E-state index >= 15 is 0 Å². The summed E-state index contributed by atoms with van der Waals surface area (Å²) in [4.78, 5) is 5.13. The van der Waals surface area contributed by atoms with Crippen molar-refractivity contribution < 1.29 is 5.11 Å². The van der Waals surface area contributed by atoms with Crippen molar-refractivity contribution in [3.8, 4) is 6.07 Å². The van der Waals surface area contributed by atoms with Crippen LogP contribution >= 0.6 is 27.7 Å². The highest BCUT2D eigenvalue weighted by Crippen LogP contribution is 2.33. The molecule has 0 aliphatic carbocycles. The number of benzene rings is 1. The topological polar surface area (TPSA) is 56.9 Å². The predicted octanol–water partition coefficient (Wildman–Crippen LogP) is 3.92. The summed E-state index contributed by atoms with van der Waals surface area (Å²) in [6, 6.07) is 11.2. The molecular weight excluding hydrogens is 324 g/mol. The minimum absolute atomic E-state index is 0.573. The number of nitriles is 1. The van der Waals surface area contributed by atoms with E-state index in [1.165, 1.54) is 11.8 Å². The Bertz CT molecular complexity index is 620. The van der Waals surface area contributed by atoms with E-state index in [1.54, 1.807) is 31.3 Å². The molecule has 1 N–H and O–H groups in total. The number of pyridine rings is 1. The molecule has 0 spiro atoms. The molecule has 1 heterocycles. The Morgan fingerprint density at radius 2 is 2.16 bits per heavy atom. The molecule has 0 saturated heterocycles. The Balaban J connectivity index is 2.37. The molecule has 1 unspecified atom stereocenters. The zero-order chi connectivity index (χ0) is 13.8. The molecule has 0 aliphatic heterocycles. The number of aromatic nitrogens is 1. The predicted molar refractivity (Wildman–Crippen MR) is 77.9 cm³/mol. The maximum absolute atomic E-state index is 9.77. The summed E-state index contributed by atoms with van der Waals surface area (Å²) in [5, 5.41) is 19.5. The molecule has 1 atom stereocenters. The third kappa shape index (κ3) is 3.57. The van der Waals surface area contributed by atoms with Crippen molar-refractivity contribution in [2.45, 2.75) is 22.9 Å². The van der Waals surface area contributed by atoms with Crippen LogP contribution in [-0.4, -0.2) is 10.1 Å². The van der Waals surface area contributed by atoms with Gasteiger partial charge in [0.15, 0.2) is 0 Å². The molecule has 19 heavy (non-hydrogen) atoms. The lowest BCUT2D eigenvalue weighted by atomic mass is 10.1. The fraction of sp³-hybridized carbons (Fsp3) is 0.143. The van der Waals surface area contributed by atoms with Crippen LogP contribution in [0.2, 0.25) is 0 Å². The number of aliphatic hydroxyl groups is 1. The molecule has 0 fully saturated rings. The number of halogens is 1. The lowest BCUT2D eigenvalue weighted by Crippen LogP contribution is -1.95. The third-order valence-electron chi connectivity index (χ3n) is 2.51. The van der Waals surface area contributed by atoms with Crippen molar-refractivity contribution in [2.24, 2.45) is 0 Å².